The van der Waals surface area contributed by atoms with Crippen molar-refractivity contribution in [3.8, 4) is 17.2 Å². The molecule has 39 heavy (non-hydrogen) atoms. The average molecular weight is 602 g/mol. The van der Waals surface area contributed by atoms with Gasteiger partial charge in [-0.2, -0.15) is 0 Å². The van der Waals surface area contributed by atoms with Gasteiger partial charge in [-0.05, 0) is 53.2 Å². The molecular formula is C32H45BrN2O4. The monoisotopic (exact) mass is 600 g/mol. The van der Waals surface area contributed by atoms with Crippen molar-refractivity contribution in [3.05, 3.63) is 58.2 Å². The standard InChI is InChI=1S/C32H44N2O4.BrH/c1-10-11-21-18-34(30(33)24(21)14-20-12-13-23(37-8)17-28(20)38-9)19-27(35)22-15-25(31(2,3)4)29(36)26(16-22)32(5,6)7;/h12-17,21,33,36H,10-11,18-19H2,1-9H3;1H/b24-14+,33-30?;. The number of ketones is 1. The highest BCUT2D eigenvalue weighted by Gasteiger charge is 2.34. The van der Waals surface area contributed by atoms with Crippen LogP contribution in [0, 0.1) is 11.3 Å². The molecule has 2 aromatic rings. The summed E-state index contributed by atoms with van der Waals surface area (Å²) in [6.07, 6.45) is 3.93. The van der Waals surface area contributed by atoms with E-state index >= 15 is 0 Å². The number of nitrogens with zero attached hydrogens (tertiary/aromatic N) is 1. The second kappa shape index (κ2) is 12.6. The number of aromatic hydroxyl groups is 1. The van der Waals surface area contributed by atoms with E-state index in [4.69, 9.17) is 14.9 Å². The molecule has 1 unspecified atom stereocenters. The number of phenolic OH excluding ortho intramolecular Hbond substituents is 1. The molecule has 6 nitrogen and oxygen atoms in total. The predicted molar refractivity (Wildman–Crippen MR) is 165 cm³/mol. The van der Waals surface area contributed by atoms with E-state index in [1.54, 1.807) is 14.2 Å². The van der Waals surface area contributed by atoms with Gasteiger partial charge in [0.1, 0.15) is 23.1 Å². The first-order valence-electron chi connectivity index (χ1n) is 13.4. The smallest absolute Gasteiger partial charge is 0.182 e. The maximum Gasteiger partial charge on any atom is 0.182 e. The van der Waals surface area contributed by atoms with Gasteiger partial charge in [0.2, 0.25) is 0 Å². The van der Waals surface area contributed by atoms with Gasteiger partial charge in [0.25, 0.3) is 0 Å². The van der Waals surface area contributed by atoms with Crippen molar-refractivity contribution in [1.29, 1.82) is 5.41 Å². The van der Waals surface area contributed by atoms with E-state index in [2.05, 4.69) is 6.92 Å². The van der Waals surface area contributed by atoms with Crippen molar-refractivity contribution < 1.29 is 19.4 Å². The number of nitrogens with one attached hydrogen (secondary N) is 1. The van der Waals surface area contributed by atoms with Crippen molar-refractivity contribution >= 4 is 34.7 Å². The van der Waals surface area contributed by atoms with Crippen LogP contribution < -0.4 is 9.47 Å². The summed E-state index contributed by atoms with van der Waals surface area (Å²) in [7, 11) is 3.25. The number of phenols is 1. The number of methoxy groups -OCH3 is 2. The van der Waals surface area contributed by atoms with Crippen LogP contribution in [0.5, 0.6) is 17.2 Å². The Morgan fingerprint density at radius 1 is 1.05 bits per heavy atom. The zero-order chi connectivity index (χ0) is 28.4. The third kappa shape index (κ3) is 7.24. The van der Waals surface area contributed by atoms with E-state index in [0.717, 1.165) is 35.1 Å². The molecule has 0 bridgehead atoms. The summed E-state index contributed by atoms with van der Waals surface area (Å²) in [4.78, 5) is 15.5. The average Bonchev–Trinajstić information content (AvgIpc) is 3.11. The van der Waals surface area contributed by atoms with E-state index < -0.39 is 0 Å². The number of benzene rings is 2. The fourth-order valence-corrected chi connectivity index (χ4v) is 5.07. The maximum atomic E-state index is 13.6. The van der Waals surface area contributed by atoms with Crippen LogP contribution in [0.2, 0.25) is 0 Å². The van der Waals surface area contributed by atoms with Crippen LogP contribution in [-0.4, -0.2) is 48.9 Å². The molecule has 2 N–H and O–H groups in total. The molecule has 7 heteroatoms. The van der Waals surface area contributed by atoms with Gasteiger partial charge in [0, 0.05) is 40.8 Å². The van der Waals surface area contributed by atoms with Crippen LogP contribution in [-0.2, 0) is 10.8 Å². The molecule has 0 saturated carbocycles. The SMILES string of the molecule is Br.CCCC1CN(CC(=O)c2cc(C(C)(C)C)c(O)c(C(C)(C)C)c2)C(=N)/C1=C/c1ccc(OC)cc1OC. The maximum absolute atomic E-state index is 13.6. The minimum absolute atomic E-state index is 0. The number of hydrogen-bond acceptors (Lipinski definition) is 5. The summed E-state index contributed by atoms with van der Waals surface area (Å²) in [6, 6.07) is 9.32. The second-order valence-corrected chi connectivity index (χ2v) is 12.3. The van der Waals surface area contributed by atoms with Gasteiger partial charge in [0.05, 0.1) is 20.8 Å². The number of carbonyl (C=O) groups is 1. The molecule has 1 heterocycles. The molecule has 0 amide bonds. The fraction of sp³-hybridized carbons (Fsp3) is 0.500. The van der Waals surface area contributed by atoms with Gasteiger partial charge in [-0.3, -0.25) is 10.2 Å². The zero-order valence-electron chi connectivity index (χ0n) is 24.9. The highest BCUT2D eigenvalue weighted by atomic mass is 79.9. The van der Waals surface area contributed by atoms with Crippen LogP contribution in [0.3, 0.4) is 0 Å². The Morgan fingerprint density at radius 2 is 1.64 bits per heavy atom. The van der Waals surface area contributed by atoms with Gasteiger partial charge in [-0.15, -0.1) is 17.0 Å². The number of Topliss-reactive ketones (excluding diaryl/α,β-unsaturated/α-hetero) is 1. The fourth-order valence-electron chi connectivity index (χ4n) is 5.07. The Hall–Kier alpha value is -2.80. The first-order valence-corrected chi connectivity index (χ1v) is 13.4. The lowest BCUT2D eigenvalue weighted by molar-refractivity contribution is 0.0963. The van der Waals surface area contributed by atoms with E-state index in [0.29, 0.717) is 29.4 Å². The summed E-state index contributed by atoms with van der Waals surface area (Å²) in [5, 5.41) is 20.1. The Labute approximate surface area is 244 Å². The number of amidine groups is 1. The van der Waals surface area contributed by atoms with Gasteiger partial charge in [-0.25, -0.2) is 0 Å². The molecule has 0 radical (unpaired) electrons. The minimum Gasteiger partial charge on any atom is -0.507 e. The van der Waals surface area contributed by atoms with Crippen molar-refractivity contribution in [2.24, 2.45) is 5.92 Å². The molecule has 1 saturated heterocycles. The van der Waals surface area contributed by atoms with E-state index in [1.807, 2.05) is 82.9 Å². The predicted octanol–water partition coefficient (Wildman–Crippen LogP) is 7.56. The Kier molecular flexibility index (Phi) is 10.5. The first kappa shape index (κ1) is 32.4. The number of ether oxygens (including phenoxy) is 2. The van der Waals surface area contributed by atoms with Crippen LogP contribution in [0.25, 0.3) is 6.08 Å². The molecule has 1 aliphatic heterocycles. The third-order valence-corrected chi connectivity index (χ3v) is 7.24. The molecule has 1 fully saturated rings. The van der Waals surface area contributed by atoms with Crippen LogP contribution >= 0.6 is 17.0 Å². The second-order valence-electron chi connectivity index (χ2n) is 12.3. The van der Waals surface area contributed by atoms with Crippen molar-refractivity contribution in [3.63, 3.8) is 0 Å². The largest absolute Gasteiger partial charge is 0.507 e. The molecule has 0 spiro atoms. The van der Waals surface area contributed by atoms with Crippen molar-refractivity contribution in [1.82, 2.24) is 4.90 Å². The molecule has 0 aromatic heterocycles. The molecule has 214 valence electrons. The van der Waals surface area contributed by atoms with Crippen molar-refractivity contribution in [2.75, 3.05) is 27.3 Å². The number of carbonyl (C=O) groups excluding carboxylic acids is 1. The quantitative estimate of drug-likeness (QED) is 0.305. The summed E-state index contributed by atoms with van der Waals surface area (Å²) in [5.74, 6) is 2.13. The molecule has 3 rings (SSSR count). The lowest BCUT2D eigenvalue weighted by Gasteiger charge is -2.28. The van der Waals surface area contributed by atoms with Crippen LogP contribution in [0.1, 0.15) is 88.4 Å². The van der Waals surface area contributed by atoms with Crippen LogP contribution in [0.15, 0.2) is 35.9 Å². The van der Waals surface area contributed by atoms with Crippen molar-refractivity contribution in [2.45, 2.75) is 72.1 Å². The van der Waals surface area contributed by atoms with E-state index in [9.17, 15) is 9.90 Å². The summed E-state index contributed by atoms with van der Waals surface area (Å²) in [6.45, 7) is 15.1. The minimum atomic E-state index is -0.319. The topological polar surface area (TPSA) is 82.9 Å². The number of hydrogen-bond donors (Lipinski definition) is 2. The zero-order valence-corrected chi connectivity index (χ0v) is 26.6. The van der Waals surface area contributed by atoms with Gasteiger partial charge in [0.15, 0.2) is 5.78 Å². The van der Waals surface area contributed by atoms with Gasteiger partial charge < -0.3 is 19.5 Å². The third-order valence-electron chi connectivity index (χ3n) is 7.24. The first-order chi connectivity index (χ1) is 17.7. The van der Waals surface area contributed by atoms with Gasteiger partial charge in [-0.1, -0.05) is 54.9 Å². The lowest BCUT2D eigenvalue weighted by Crippen LogP contribution is -2.31. The highest BCUT2D eigenvalue weighted by Crippen LogP contribution is 2.40. The Balaban J connectivity index is 0.00000533. The summed E-state index contributed by atoms with van der Waals surface area (Å²) < 4.78 is 10.9. The number of rotatable bonds is 8. The summed E-state index contributed by atoms with van der Waals surface area (Å²) >= 11 is 0. The molecular weight excluding hydrogens is 556 g/mol. The Morgan fingerprint density at radius 3 is 2.13 bits per heavy atom. The number of likely N-dealkylation sites (tertiary alicyclic amines) is 1. The number of halogens is 1. The molecule has 2 aromatic carbocycles. The Bertz CT molecular complexity index is 1200. The molecule has 1 aliphatic rings. The van der Waals surface area contributed by atoms with Gasteiger partial charge >= 0.3 is 0 Å². The highest BCUT2D eigenvalue weighted by molar-refractivity contribution is 8.93. The molecule has 1 atom stereocenters. The van der Waals surface area contributed by atoms with Crippen LogP contribution in [0.4, 0.5) is 0 Å². The molecule has 0 aliphatic carbocycles. The summed E-state index contributed by atoms with van der Waals surface area (Å²) in [5.41, 5.74) is 3.26. The lowest BCUT2D eigenvalue weighted by atomic mass is 9.78. The normalized spacial score (nSPS) is 16.8. The van der Waals surface area contributed by atoms with E-state index in [-0.39, 0.29) is 51.8 Å². The van der Waals surface area contributed by atoms with E-state index in [1.165, 1.54) is 0 Å².